The zero-order valence-electron chi connectivity index (χ0n) is 13.3. The molecule has 5 nitrogen and oxygen atoms in total. The van der Waals surface area contributed by atoms with Crippen LogP contribution in [0.4, 0.5) is 13.9 Å². The van der Waals surface area contributed by atoms with Crippen LogP contribution in [-0.4, -0.2) is 22.7 Å². The highest BCUT2D eigenvalue weighted by atomic mass is 32.2. The molecule has 9 heteroatoms. The maximum Gasteiger partial charge on any atom is 0.264 e. The summed E-state index contributed by atoms with van der Waals surface area (Å²) < 4.78 is 32.4. The molecule has 26 heavy (non-hydrogen) atoms. The number of carbonyl (C=O) groups excluding carboxylic acids is 1. The minimum absolute atomic E-state index is 0.146. The van der Waals surface area contributed by atoms with Crippen LogP contribution in [0, 0.1) is 11.6 Å². The fourth-order valence-electron chi connectivity index (χ4n) is 1.92. The third-order valence-corrected chi connectivity index (χ3v) is 5.15. The van der Waals surface area contributed by atoms with Crippen LogP contribution in [0.1, 0.15) is 5.56 Å². The maximum atomic E-state index is 13.6. The Morgan fingerprint density at radius 2 is 1.96 bits per heavy atom. The molecule has 0 fully saturated rings. The summed E-state index contributed by atoms with van der Waals surface area (Å²) >= 11 is 2.42. The zero-order chi connectivity index (χ0) is 18.4. The number of aromatic nitrogens is 2. The van der Waals surface area contributed by atoms with Crippen molar-refractivity contribution in [3.63, 3.8) is 0 Å². The number of hydrogen-bond acceptors (Lipinski definition) is 6. The van der Waals surface area contributed by atoms with Gasteiger partial charge in [0.2, 0.25) is 5.13 Å². The number of hydrogen-bond donors (Lipinski definition) is 1. The Morgan fingerprint density at radius 3 is 2.73 bits per heavy atom. The van der Waals surface area contributed by atoms with E-state index in [1.165, 1.54) is 35.2 Å². The van der Waals surface area contributed by atoms with E-state index < -0.39 is 11.6 Å². The molecule has 134 valence electrons. The van der Waals surface area contributed by atoms with Crippen molar-refractivity contribution in [1.29, 1.82) is 0 Å². The van der Waals surface area contributed by atoms with Gasteiger partial charge in [0, 0.05) is 11.8 Å². The summed E-state index contributed by atoms with van der Waals surface area (Å²) in [5, 5.41) is 10.7. The Balaban J connectivity index is 1.48. The monoisotopic (exact) mass is 393 g/mol. The second-order valence-corrected chi connectivity index (χ2v) is 7.25. The van der Waals surface area contributed by atoms with Crippen molar-refractivity contribution in [3.05, 3.63) is 65.7 Å². The van der Waals surface area contributed by atoms with Gasteiger partial charge in [-0.15, -0.1) is 10.2 Å². The molecule has 0 radical (unpaired) electrons. The summed E-state index contributed by atoms with van der Waals surface area (Å²) in [6, 6.07) is 12.4. The van der Waals surface area contributed by atoms with E-state index in [1.807, 2.05) is 18.2 Å². The lowest BCUT2D eigenvalue weighted by Crippen LogP contribution is -2.20. The van der Waals surface area contributed by atoms with Gasteiger partial charge >= 0.3 is 0 Å². The molecule has 0 atom stereocenters. The van der Waals surface area contributed by atoms with E-state index >= 15 is 0 Å². The molecule has 0 saturated heterocycles. The number of amides is 1. The van der Waals surface area contributed by atoms with Crippen molar-refractivity contribution >= 4 is 34.1 Å². The second-order valence-electron chi connectivity index (χ2n) is 5.05. The minimum atomic E-state index is -0.616. The van der Waals surface area contributed by atoms with E-state index in [-0.39, 0.29) is 18.3 Å². The van der Waals surface area contributed by atoms with Gasteiger partial charge in [-0.3, -0.25) is 10.1 Å². The van der Waals surface area contributed by atoms with Gasteiger partial charge in [-0.1, -0.05) is 47.4 Å². The molecule has 1 N–H and O–H groups in total. The van der Waals surface area contributed by atoms with Crippen LogP contribution in [0.25, 0.3) is 0 Å². The highest BCUT2D eigenvalue weighted by molar-refractivity contribution is 8.00. The molecule has 0 aliphatic carbocycles. The largest absolute Gasteiger partial charge is 0.484 e. The van der Waals surface area contributed by atoms with Crippen molar-refractivity contribution in [2.75, 3.05) is 11.9 Å². The van der Waals surface area contributed by atoms with E-state index in [1.54, 1.807) is 12.1 Å². The van der Waals surface area contributed by atoms with Gasteiger partial charge in [0.05, 0.1) is 0 Å². The molecule has 0 aliphatic rings. The van der Waals surface area contributed by atoms with Crippen LogP contribution in [0.3, 0.4) is 0 Å². The summed E-state index contributed by atoms with van der Waals surface area (Å²) in [6.45, 7) is -0.146. The lowest BCUT2D eigenvalue weighted by molar-refractivity contribution is -0.118. The average molecular weight is 393 g/mol. The van der Waals surface area contributed by atoms with Crippen LogP contribution < -0.4 is 10.1 Å². The van der Waals surface area contributed by atoms with Crippen LogP contribution in [0.2, 0.25) is 0 Å². The molecule has 1 amide bonds. The van der Waals surface area contributed by atoms with Gasteiger partial charge in [0.1, 0.15) is 17.4 Å². The molecule has 0 saturated carbocycles. The third-order valence-electron chi connectivity index (χ3n) is 3.13. The molecule has 0 spiro atoms. The number of nitrogens with zero attached hydrogens (tertiary/aromatic N) is 2. The van der Waals surface area contributed by atoms with Crippen LogP contribution in [0.15, 0.2) is 52.9 Å². The minimum Gasteiger partial charge on any atom is -0.484 e. The second kappa shape index (κ2) is 8.72. The summed E-state index contributed by atoms with van der Waals surface area (Å²) in [6.07, 6.45) is 0. The first kappa shape index (κ1) is 18.3. The first-order chi connectivity index (χ1) is 12.6. The van der Waals surface area contributed by atoms with Gasteiger partial charge in [0.25, 0.3) is 5.91 Å². The van der Waals surface area contributed by atoms with E-state index in [4.69, 9.17) is 4.74 Å². The van der Waals surface area contributed by atoms with Crippen LogP contribution in [-0.2, 0) is 10.5 Å². The number of anilines is 1. The lowest BCUT2D eigenvalue weighted by atomic mass is 10.2. The van der Waals surface area contributed by atoms with Crippen molar-refractivity contribution in [2.24, 2.45) is 0 Å². The predicted octanol–water partition coefficient (Wildman–Crippen LogP) is 4.13. The Kier molecular flexibility index (Phi) is 6.13. The van der Waals surface area contributed by atoms with Crippen LogP contribution >= 0.6 is 23.1 Å². The van der Waals surface area contributed by atoms with Crippen LogP contribution in [0.5, 0.6) is 5.75 Å². The summed E-state index contributed by atoms with van der Waals surface area (Å²) in [5.74, 6) is -0.696. The van der Waals surface area contributed by atoms with Gasteiger partial charge in [-0.05, 0) is 23.8 Å². The highest BCUT2D eigenvalue weighted by Crippen LogP contribution is 2.29. The summed E-state index contributed by atoms with van der Waals surface area (Å²) in [7, 11) is 0. The Labute approximate surface area is 156 Å². The van der Waals surface area contributed by atoms with E-state index in [9.17, 15) is 13.6 Å². The fourth-order valence-corrected chi connectivity index (χ4v) is 3.67. The third kappa shape index (κ3) is 5.24. The highest BCUT2D eigenvalue weighted by Gasteiger charge is 2.11. The number of para-hydroxylation sites is 1. The van der Waals surface area contributed by atoms with Gasteiger partial charge < -0.3 is 4.74 Å². The number of rotatable bonds is 7. The zero-order valence-corrected chi connectivity index (χ0v) is 14.9. The Hall–Kier alpha value is -2.52. The number of benzene rings is 2. The fraction of sp³-hybridized carbons (Fsp3) is 0.118. The molecule has 3 aromatic rings. The summed E-state index contributed by atoms with van der Waals surface area (Å²) in [5.41, 5.74) is 0.369. The molecule has 1 aromatic heterocycles. The average Bonchev–Trinajstić information content (AvgIpc) is 3.07. The van der Waals surface area contributed by atoms with Gasteiger partial charge in [0.15, 0.2) is 10.9 Å². The SMILES string of the molecule is O=C(COc1ccccc1)Nc1nnc(SCc2ccc(F)cc2F)s1. The Morgan fingerprint density at radius 1 is 1.15 bits per heavy atom. The number of ether oxygens (including phenoxy) is 1. The number of halogens is 2. The first-order valence-electron chi connectivity index (χ1n) is 7.48. The summed E-state index contributed by atoms with van der Waals surface area (Å²) in [4.78, 5) is 11.9. The van der Waals surface area contributed by atoms with E-state index in [0.29, 0.717) is 20.8 Å². The molecule has 0 aliphatic heterocycles. The van der Waals surface area contributed by atoms with Crippen molar-refractivity contribution < 1.29 is 18.3 Å². The van der Waals surface area contributed by atoms with E-state index in [0.717, 1.165) is 6.07 Å². The molecule has 0 bridgehead atoms. The van der Waals surface area contributed by atoms with Gasteiger partial charge in [-0.2, -0.15) is 0 Å². The Bertz CT molecular complexity index is 891. The van der Waals surface area contributed by atoms with Crippen molar-refractivity contribution in [2.45, 2.75) is 10.1 Å². The molecule has 0 unspecified atom stereocenters. The first-order valence-corrected chi connectivity index (χ1v) is 9.28. The lowest BCUT2D eigenvalue weighted by Gasteiger charge is -2.04. The normalized spacial score (nSPS) is 10.5. The van der Waals surface area contributed by atoms with Gasteiger partial charge in [-0.25, -0.2) is 8.78 Å². The molecule has 2 aromatic carbocycles. The molecule has 1 heterocycles. The molecular formula is C17H13F2N3O2S2. The predicted molar refractivity (Wildman–Crippen MR) is 96.4 cm³/mol. The topological polar surface area (TPSA) is 64.1 Å². The maximum absolute atomic E-state index is 13.6. The smallest absolute Gasteiger partial charge is 0.264 e. The molecule has 3 rings (SSSR count). The quantitative estimate of drug-likeness (QED) is 0.483. The number of carbonyl (C=O) groups is 1. The standard InChI is InChI=1S/C17H13F2N3O2S2/c18-12-7-6-11(14(19)8-12)10-25-17-22-21-16(26-17)20-15(23)9-24-13-4-2-1-3-5-13/h1-8H,9-10H2,(H,20,21,23). The van der Waals surface area contributed by atoms with Crippen molar-refractivity contribution in [3.8, 4) is 5.75 Å². The number of thioether (sulfide) groups is 1. The number of nitrogens with one attached hydrogen (secondary N) is 1. The van der Waals surface area contributed by atoms with Crippen molar-refractivity contribution in [1.82, 2.24) is 10.2 Å². The molecular weight excluding hydrogens is 380 g/mol. The van der Waals surface area contributed by atoms with E-state index in [2.05, 4.69) is 15.5 Å².